The molecule has 0 unspecified atom stereocenters. The SMILES string of the molecule is CC(C)CCn1cc(S(=O)(=O)Cl)c2c(F)cccc21. The average Bonchev–Trinajstić information content (AvgIpc) is 2.66. The fourth-order valence-corrected chi connectivity index (χ4v) is 3.09. The van der Waals surface area contributed by atoms with Gasteiger partial charge in [-0.05, 0) is 24.5 Å². The van der Waals surface area contributed by atoms with Crippen LogP contribution < -0.4 is 0 Å². The zero-order valence-electron chi connectivity index (χ0n) is 10.7. The molecule has 1 aromatic heterocycles. The fraction of sp³-hybridized carbons (Fsp3) is 0.385. The largest absolute Gasteiger partial charge is 0.346 e. The molecule has 0 amide bonds. The molecule has 2 aromatic rings. The summed E-state index contributed by atoms with van der Waals surface area (Å²) in [5, 5.41) is 0.0706. The number of hydrogen-bond donors (Lipinski definition) is 0. The van der Waals surface area contributed by atoms with Gasteiger partial charge in [-0.25, -0.2) is 12.8 Å². The number of halogens is 2. The summed E-state index contributed by atoms with van der Waals surface area (Å²) in [6.07, 6.45) is 2.29. The summed E-state index contributed by atoms with van der Waals surface area (Å²) in [7, 11) is 1.42. The Balaban J connectivity index is 2.64. The Labute approximate surface area is 116 Å². The number of aryl methyl sites for hydroxylation is 1. The van der Waals surface area contributed by atoms with E-state index < -0.39 is 14.9 Å². The maximum atomic E-state index is 13.9. The van der Waals surface area contributed by atoms with Crippen molar-refractivity contribution in [3.63, 3.8) is 0 Å². The van der Waals surface area contributed by atoms with E-state index in [0.29, 0.717) is 18.0 Å². The fourth-order valence-electron chi connectivity index (χ4n) is 2.04. The molecule has 0 fully saturated rings. The Kier molecular flexibility index (Phi) is 3.87. The number of benzene rings is 1. The monoisotopic (exact) mass is 303 g/mol. The lowest BCUT2D eigenvalue weighted by atomic mass is 10.1. The van der Waals surface area contributed by atoms with Crippen molar-refractivity contribution < 1.29 is 12.8 Å². The molecule has 0 aliphatic carbocycles. The maximum Gasteiger partial charge on any atom is 0.263 e. The Morgan fingerprint density at radius 3 is 2.63 bits per heavy atom. The number of nitrogens with zero attached hydrogens (tertiary/aromatic N) is 1. The van der Waals surface area contributed by atoms with Crippen molar-refractivity contribution in [3.05, 3.63) is 30.2 Å². The molecule has 0 atom stereocenters. The number of fused-ring (bicyclic) bond motifs is 1. The van der Waals surface area contributed by atoms with Crippen molar-refractivity contribution in [2.75, 3.05) is 0 Å². The zero-order valence-corrected chi connectivity index (χ0v) is 12.3. The van der Waals surface area contributed by atoms with E-state index >= 15 is 0 Å². The van der Waals surface area contributed by atoms with E-state index in [2.05, 4.69) is 13.8 Å². The van der Waals surface area contributed by atoms with Gasteiger partial charge in [-0.3, -0.25) is 0 Å². The van der Waals surface area contributed by atoms with Gasteiger partial charge >= 0.3 is 0 Å². The maximum absolute atomic E-state index is 13.9. The summed E-state index contributed by atoms with van der Waals surface area (Å²) in [6.45, 7) is 4.78. The van der Waals surface area contributed by atoms with Crippen molar-refractivity contribution in [3.8, 4) is 0 Å². The highest BCUT2D eigenvalue weighted by Gasteiger charge is 2.21. The molecular weight excluding hydrogens is 289 g/mol. The first-order chi connectivity index (χ1) is 8.80. The standard InChI is InChI=1S/C13H15ClFNO2S/c1-9(2)6-7-16-8-12(19(14,17)18)13-10(15)4-3-5-11(13)16/h3-5,8-9H,6-7H2,1-2H3. The van der Waals surface area contributed by atoms with E-state index in [0.717, 1.165) is 6.42 Å². The molecule has 19 heavy (non-hydrogen) atoms. The van der Waals surface area contributed by atoms with Crippen LogP contribution in [0, 0.1) is 11.7 Å². The third kappa shape index (κ3) is 2.92. The second kappa shape index (κ2) is 5.13. The minimum absolute atomic E-state index is 0.0706. The van der Waals surface area contributed by atoms with Crippen LogP contribution in [0.25, 0.3) is 10.9 Å². The minimum atomic E-state index is -3.96. The lowest BCUT2D eigenvalue weighted by Gasteiger charge is -2.07. The van der Waals surface area contributed by atoms with Crippen molar-refractivity contribution in [1.82, 2.24) is 4.57 Å². The normalized spacial score (nSPS) is 12.5. The Morgan fingerprint density at radius 1 is 1.37 bits per heavy atom. The van der Waals surface area contributed by atoms with Crippen LogP contribution in [0.1, 0.15) is 20.3 Å². The minimum Gasteiger partial charge on any atom is -0.346 e. The molecule has 2 rings (SSSR count). The van der Waals surface area contributed by atoms with E-state index in [9.17, 15) is 12.8 Å². The Bertz CT molecular complexity index is 707. The lowest BCUT2D eigenvalue weighted by Crippen LogP contribution is -2.00. The number of rotatable bonds is 4. The highest BCUT2D eigenvalue weighted by atomic mass is 35.7. The van der Waals surface area contributed by atoms with E-state index in [1.807, 2.05) is 0 Å². The summed E-state index contributed by atoms with van der Waals surface area (Å²) in [5.41, 5.74) is 0.555. The smallest absolute Gasteiger partial charge is 0.263 e. The quantitative estimate of drug-likeness (QED) is 0.807. The molecule has 104 valence electrons. The predicted octanol–water partition coefficient (Wildman–Crippen LogP) is 3.75. The molecule has 6 heteroatoms. The molecule has 0 bridgehead atoms. The van der Waals surface area contributed by atoms with Gasteiger partial charge in [-0.2, -0.15) is 0 Å². The van der Waals surface area contributed by atoms with Crippen LogP contribution in [0.2, 0.25) is 0 Å². The van der Waals surface area contributed by atoms with Crippen LogP contribution in [0.4, 0.5) is 4.39 Å². The topological polar surface area (TPSA) is 39.1 Å². The third-order valence-electron chi connectivity index (χ3n) is 3.03. The van der Waals surface area contributed by atoms with Crippen LogP contribution >= 0.6 is 10.7 Å². The van der Waals surface area contributed by atoms with Gasteiger partial charge in [0.05, 0.1) is 10.9 Å². The van der Waals surface area contributed by atoms with Crippen LogP contribution in [0.3, 0.4) is 0 Å². The van der Waals surface area contributed by atoms with E-state index in [1.165, 1.54) is 12.3 Å². The summed E-state index contributed by atoms with van der Waals surface area (Å²) < 4.78 is 38.7. The summed E-state index contributed by atoms with van der Waals surface area (Å²) in [5.74, 6) is -0.0953. The first-order valence-electron chi connectivity index (χ1n) is 6.02. The lowest BCUT2D eigenvalue weighted by molar-refractivity contribution is 0.523. The van der Waals surface area contributed by atoms with Gasteiger partial charge in [0.1, 0.15) is 10.7 Å². The molecular formula is C13H15ClFNO2S. The van der Waals surface area contributed by atoms with Gasteiger partial charge in [0.25, 0.3) is 9.05 Å². The number of aromatic nitrogens is 1. The van der Waals surface area contributed by atoms with Gasteiger partial charge in [0, 0.05) is 23.4 Å². The second-order valence-electron chi connectivity index (χ2n) is 4.94. The van der Waals surface area contributed by atoms with E-state index in [-0.39, 0.29) is 10.3 Å². The van der Waals surface area contributed by atoms with Crippen molar-refractivity contribution in [2.45, 2.75) is 31.7 Å². The average molecular weight is 304 g/mol. The van der Waals surface area contributed by atoms with Crippen LogP contribution in [-0.4, -0.2) is 13.0 Å². The highest BCUT2D eigenvalue weighted by Crippen LogP contribution is 2.30. The van der Waals surface area contributed by atoms with E-state index in [1.54, 1.807) is 16.7 Å². The van der Waals surface area contributed by atoms with Gasteiger partial charge in [-0.1, -0.05) is 19.9 Å². The van der Waals surface area contributed by atoms with Crippen LogP contribution in [-0.2, 0) is 15.6 Å². The molecule has 0 radical (unpaired) electrons. The second-order valence-corrected chi connectivity index (χ2v) is 7.48. The molecule has 0 spiro atoms. The van der Waals surface area contributed by atoms with E-state index in [4.69, 9.17) is 10.7 Å². The molecule has 0 aliphatic rings. The van der Waals surface area contributed by atoms with Gasteiger partial charge in [0.2, 0.25) is 0 Å². The van der Waals surface area contributed by atoms with Gasteiger partial charge in [-0.15, -0.1) is 0 Å². The molecule has 0 saturated carbocycles. The van der Waals surface area contributed by atoms with Crippen molar-refractivity contribution >= 4 is 30.6 Å². The highest BCUT2D eigenvalue weighted by molar-refractivity contribution is 8.14. The first-order valence-corrected chi connectivity index (χ1v) is 8.33. The Hall–Kier alpha value is -1.07. The summed E-state index contributed by atoms with van der Waals surface area (Å²) >= 11 is 0. The van der Waals surface area contributed by atoms with Crippen molar-refractivity contribution in [1.29, 1.82) is 0 Å². The summed E-state index contributed by atoms with van der Waals surface area (Å²) in [6, 6.07) is 4.50. The summed E-state index contributed by atoms with van der Waals surface area (Å²) in [4.78, 5) is -0.161. The van der Waals surface area contributed by atoms with Crippen LogP contribution in [0.15, 0.2) is 29.3 Å². The molecule has 0 saturated heterocycles. The van der Waals surface area contributed by atoms with Crippen molar-refractivity contribution in [2.24, 2.45) is 5.92 Å². The first kappa shape index (κ1) is 14.3. The molecule has 0 aliphatic heterocycles. The van der Waals surface area contributed by atoms with Gasteiger partial charge in [0.15, 0.2) is 0 Å². The number of hydrogen-bond acceptors (Lipinski definition) is 2. The predicted molar refractivity (Wildman–Crippen MR) is 74.4 cm³/mol. The molecule has 1 heterocycles. The zero-order chi connectivity index (χ0) is 14.2. The van der Waals surface area contributed by atoms with Crippen LogP contribution in [0.5, 0.6) is 0 Å². The van der Waals surface area contributed by atoms with Gasteiger partial charge < -0.3 is 4.57 Å². The molecule has 3 nitrogen and oxygen atoms in total. The molecule has 1 aromatic carbocycles. The Morgan fingerprint density at radius 2 is 2.05 bits per heavy atom. The molecule has 0 N–H and O–H groups in total. The third-order valence-corrected chi connectivity index (χ3v) is 4.36.